The summed E-state index contributed by atoms with van der Waals surface area (Å²) < 4.78 is 0. The van der Waals surface area contributed by atoms with E-state index in [0.717, 1.165) is 6.42 Å². The Hall–Kier alpha value is -0.820. The number of hydrogen-bond donors (Lipinski definition) is 1. The molecule has 1 atom stereocenters. The Labute approximate surface area is 80.0 Å². The monoisotopic (exact) mass is 175 g/mol. The molecular weight excluding hydrogens is 158 g/mol. The van der Waals surface area contributed by atoms with Crippen LogP contribution < -0.4 is 5.73 Å². The molecule has 0 fully saturated rings. The lowest BCUT2D eigenvalue weighted by atomic mass is 9.87. The summed E-state index contributed by atoms with van der Waals surface area (Å²) in [7, 11) is 0. The zero-order chi connectivity index (χ0) is 9.31. The fraction of sp³-hybridized carbons (Fsp3) is 0.500. The smallest absolute Gasteiger partial charge is 0.0383 e. The maximum Gasteiger partial charge on any atom is 0.0383 e. The number of aryl methyl sites for hydroxylation is 1. The number of benzene rings is 1. The van der Waals surface area contributed by atoms with Crippen molar-refractivity contribution >= 4 is 0 Å². The first-order valence-corrected chi connectivity index (χ1v) is 5.07. The standard InChI is InChI=1S/C12H17N/c1-12(13)9-5-4-7-10-6-2-3-8-11(10)12/h2-3,6,8H,4-5,7,9,13H2,1H3. The van der Waals surface area contributed by atoms with E-state index in [2.05, 4.69) is 31.2 Å². The molecule has 2 N–H and O–H groups in total. The van der Waals surface area contributed by atoms with Gasteiger partial charge in [0.25, 0.3) is 0 Å². The highest BCUT2D eigenvalue weighted by Gasteiger charge is 2.25. The molecule has 0 saturated carbocycles. The molecule has 0 amide bonds. The van der Waals surface area contributed by atoms with Gasteiger partial charge in [-0.1, -0.05) is 30.7 Å². The Morgan fingerprint density at radius 2 is 2.00 bits per heavy atom. The molecule has 0 heterocycles. The van der Waals surface area contributed by atoms with Crippen LogP contribution >= 0.6 is 0 Å². The third kappa shape index (κ3) is 1.61. The fourth-order valence-electron chi connectivity index (χ4n) is 2.24. The highest BCUT2D eigenvalue weighted by molar-refractivity contribution is 5.33. The van der Waals surface area contributed by atoms with Crippen LogP contribution in [-0.4, -0.2) is 0 Å². The molecule has 0 radical (unpaired) electrons. The van der Waals surface area contributed by atoms with Gasteiger partial charge in [0.05, 0.1) is 0 Å². The molecule has 0 spiro atoms. The van der Waals surface area contributed by atoms with E-state index in [0.29, 0.717) is 0 Å². The van der Waals surface area contributed by atoms with Crippen molar-refractivity contribution in [1.82, 2.24) is 0 Å². The average Bonchev–Trinajstić information content (AvgIpc) is 2.26. The van der Waals surface area contributed by atoms with Gasteiger partial charge in [-0.3, -0.25) is 0 Å². The van der Waals surface area contributed by atoms with E-state index < -0.39 is 0 Å². The molecule has 1 heteroatoms. The maximum atomic E-state index is 6.29. The van der Waals surface area contributed by atoms with Gasteiger partial charge >= 0.3 is 0 Å². The number of rotatable bonds is 0. The first-order valence-electron chi connectivity index (χ1n) is 5.07. The second kappa shape index (κ2) is 3.15. The molecule has 0 saturated heterocycles. The molecule has 0 aromatic heterocycles. The minimum atomic E-state index is -0.104. The lowest BCUT2D eigenvalue weighted by Crippen LogP contribution is -2.32. The molecule has 1 unspecified atom stereocenters. The van der Waals surface area contributed by atoms with E-state index in [1.54, 1.807) is 0 Å². The second-order valence-corrected chi connectivity index (χ2v) is 4.28. The lowest BCUT2D eigenvalue weighted by molar-refractivity contribution is 0.443. The van der Waals surface area contributed by atoms with E-state index >= 15 is 0 Å². The highest BCUT2D eigenvalue weighted by atomic mass is 14.7. The zero-order valence-corrected chi connectivity index (χ0v) is 8.22. The van der Waals surface area contributed by atoms with Gasteiger partial charge < -0.3 is 5.73 Å². The predicted molar refractivity (Wildman–Crippen MR) is 55.5 cm³/mol. The summed E-state index contributed by atoms with van der Waals surface area (Å²) in [5, 5.41) is 0. The summed E-state index contributed by atoms with van der Waals surface area (Å²) in [6.45, 7) is 2.15. The molecule has 70 valence electrons. The molecule has 1 aromatic rings. The van der Waals surface area contributed by atoms with Crippen LogP contribution in [0.25, 0.3) is 0 Å². The van der Waals surface area contributed by atoms with Crippen LogP contribution in [0.1, 0.15) is 37.3 Å². The van der Waals surface area contributed by atoms with Crippen LogP contribution in [0, 0.1) is 0 Å². The van der Waals surface area contributed by atoms with Crippen LogP contribution in [0.15, 0.2) is 24.3 Å². The summed E-state index contributed by atoms with van der Waals surface area (Å²) in [5.41, 5.74) is 8.99. The third-order valence-electron chi connectivity index (χ3n) is 3.02. The second-order valence-electron chi connectivity index (χ2n) is 4.28. The first kappa shape index (κ1) is 8.76. The average molecular weight is 175 g/mol. The largest absolute Gasteiger partial charge is 0.322 e. The molecule has 0 aliphatic heterocycles. The van der Waals surface area contributed by atoms with Gasteiger partial charge in [-0.15, -0.1) is 0 Å². The van der Waals surface area contributed by atoms with Crippen molar-refractivity contribution in [3.63, 3.8) is 0 Å². The van der Waals surface area contributed by atoms with Gasteiger partial charge in [0.2, 0.25) is 0 Å². The zero-order valence-electron chi connectivity index (χ0n) is 8.22. The Bertz CT molecular complexity index is 302. The summed E-state index contributed by atoms with van der Waals surface area (Å²) >= 11 is 0. The van der Waals surface area contributed by atoms with Crippen LogP contribution in [0.4, 0.5) is 0 Å². The van der Waals surface area contributed by atoms with E-state index in [4.69, 9.17) is 5.73 Å². The number of fused-ring (bicyclic) bond motifs is 1. The van der Waals surface area contributed by atoms with Crippen LogP contribution in [0.3, 0.4) is 0 Å². The van der Waals surface area contributed by atoms with Gasteiger partial charge in [-0.05, 0) is 37.3 Å². The minimum absolute atomic E-state index is 0.104. The molecule has 13 heavy (non-hydrogen) atoms. The lowest BCUT2D eigenvalue weighted by Gasteiger charge is -2.25. The van der Waals surface area contributed by atoms with Crippen molar-refractivity contribution in [3.8, 4) is 0 Å². The molecule has 0 bridgehead atoms. The van der Waals surface area contributed by atoms with Gasteiger partial charge in [-0.2, -0.15) is 0 Å². The Morgan fingerprint density at radius 3 is 2.85 bits per heavy atom. The Morgan fingerprint density at radius 1 is 1.23 bits per heavy atom. The molecule has 2 rings (SSSR count). The molecule has 1 aromatic carbocycles. The van der Waals surface area contributed by atoms with Crippen molar-refractivity contribution in [2.75, 3.05) is 0 Å². The predicted octanol–water partition coefficient (Wildman–Crippen LogP) is 2.59. The minimum Gasteiger partial charge on any atom is -0.322 e. The van der Waals surface area contributed by atoms with Crippen molar-refractivity contribution in [2.24, 2.45) is 5.73 Å². The summed E-state index contributed by atoms with van der Waals surface area (Å²) in [5.74, 6) is 0. The van der Waals surface area contributed by atoms with Gasteiger partial charge in [-0.25, -0.2) is 0 Å². The van der Waals surface area contributed by atoms with E-state index in [-0.39, 0.29) is 5.54 Å². The molecular formula is C12H17N. The van der Waals surface area contributed by atoms with Crippen molar-refractivity contribution in [1.29, 1.82) is 0 Å². The van der Waals surface area contributed by atoms with Crippen LogP contribution in [0.5, 0.6) is 0 Å². The van der Waals surface area contributed by atoms with E-state index in [9.17, 15) is 0 Å². The van der Waals surface area contributed by atoms with Crippen molar-refractivity contribution in [3.05, 3.63) is 35.4 Å². The molecule has 1 nitrogen and oxygen atoms in total. The Kier molecular flexibility index (Phi) is 2.12. The summed E-state index contributed by atoms with van der Waals surface area (Å²) in [6.07, 6.45) is 4.85. The third-order valence-corrected chi connectivity index (χ3v) is 3.02. The van der Waals surface area contributed by atoms with Gasteiger partial charge in [0, 0.05) is 5.54 Å². The van der Waals surface area contributed by atoms with Gasteiger partial charge in [0.1, 0.15) is 0 Å². The van der Waals surface area contributed by atoms with Crippen molar-refractivity contribution < 1.29 is 0 Å². The topological polar surface area (TPSA) is 26.0 Å². The van der Waals surface area contributed by atoms with E-state index in [1.165, 1.54) is 30.4 Å². The Balaban J connectivity index is 2.48. The fourth-order valence-corrected chi connectivity index (χ4v) is 2.24. The number of hydrogen-bond acceptors (Lipinski definition) is 1. The first-order chi connectivity index (χ1) is 6.20. The van der Waals surface area contributed by atoms with E-state index in [1.807, 2.05) is 0 Å². The summed E-state index contributed by atoms with van der Waals surface area (Å²) in [6, 6.07) is 8.60. The number of nitrogens with two attached hydrogens (primary N) is 1. The molecule has 1 aliphatic rings. The SMILES string of the molecule is CC1(N)CCCCc2ccccc21. The van der Waals surface area contributed by atoms with Crippen molar-refractivity contribution in [2.45, 2.75) is 38.1 Å². The molecule has 1 aliphatic carbocycles. The quantitative estimate of drug-likeness (QED) is 0.603. The van der Waals surface area contributed by atoms with Crippen LogP contribution in [-0.2, 0) is 12.0 Å². The highest BCUT2D eigenvalue weighted by Crippen LogP contribution is 2.31. The van der Waals surface area contributed by atoms with Gasteiger partial charge in [0.15, 0.2) is 0 Å². The summed E-state index contributed by atoms with van der Waals surface area (Å²) in [4.78, 5) is 0. The normalized spacial score (nSPS) is 27.8. The van der Waals surface area contributed by atoms with Crippen LogP contribution in [0.2, 0.25) is 0 Å². The maximum absolute atomic E-state index is 6.29.